The van der Waals surface area contributed by atoms with Crippen molar-refractivity contribution in [1.29, 1.82) is 0 Å². The molecular formula is C31H43N5O4. The highest BCUT2D eigenvalue weighted by Gasteiger charge is 2.26. The van der Waals surface area contributed by atoms with Crippen LogP contribution in [-0.2, 0) is 16.0 Å². The number of carbonyl (C=O) groups is 3. The van der Waals surface area contributed by atoms with E-state index < -0.39 is 18.2 Å². The van der Waals surface area contributed by atoms with Crippen molar-refractivity contribution in [1.82, 2.24) is 16.0 Å². The summed E-state index contributed by atoms with van der Waals surface area (Å²) in [7, 11) is 0. The van der Waals surface area contributed by atoms with E-state index in [1.54, 1.807) is 30.0 Å². The summed E-state index contributed by atoms with van der Waals surface area (Å²) in [5.41, 5.74) is 8.41. The second-order valence-electron chi connectivity index (χ2n) is 11.1. The van der Waals surface area contributed by atoms with Crippen LogP contribution >= 0.6 is 0 Å². The number of hydrogen-bond acceptors (Lipinski definition) is 6. The molecule has 0 spiro atoms. The van der Waals surface area contributed by atoms with Gasteiger partial charge < -0.3 is 31.7 Å². The second kappa shape index (κ2) is 14.3. The Morgan fingerprint density at radius 3 is 2.52 bits per heavy atom. The van der Waals surface area contributed by atoms with Crippen LogP contribution in [0.2, 0.25) is 0 Å². The van der Waals surface area contributed by atoms with Crippen LogP contribution in [0.4, 0.5) is 11.4 Å². The molecule has 1 saturated heterocycles. The van der Waals surface area contributed by atoms with Gasteiger partial charge in [0, 0.05) is 42.5 Å². The average molecular weight is 550 g/mol. The molecule has 3 amide bonds. The number of benzene rings is 2. The molecule has 2 aromatic rings. The third kappa shape index (κ3) is 8.29. The van der Waals surface area contributed by atoms with Gasteiger partial charge in [-0.1, -0.05) is 49.6 Å². The first-order valence-corrected chi connectivity index (χ1v) is 14.6. The topological polar surface area (TPSA) is 137 Å². The molecule has 9 heteroatoms. The van der Waals surface area contributed by atoms with Gasteiger partial charge in [0.15, 0.2) is 0 Å². The molecule has 4 rings (SSSR count). The minimum Gasteiger partial charge on any atom is -0.399 e. The van der Waals surface area contributed by atoms with E-state index in [1.807, 2.05) is 30.3 Å². The van der Waals surface area contributed by atoms with Crippen LogP contribution in [0.5, 0.6) is 0 Å². The smallest absolute Gasteiger partial charge is 0.251 e. The van der Waals surface area contributed by atoms with Gasteiger partial charge in [0.05, 0.1) is 18.2 Å². The summed E-state index contributed by atoms with van der Waals surface area (Å²) in [6.07, 6.45) is 7.17. The normalized spacial score (nSPS) is 18.6. The Balaban J connectivity index is 1.42. The molecule has 6 N–H and O–H groups in total. The lowest BCUT2D eigenvalue weighted by Crippen LogP contribution is -2.53. The number of hydrogen-bond donors (Lipinski definition) is 5. The number of piperidine rings is 1. The van der Waals surface area contributed by atoms with E-state index in [-0.39, 0.29) is 30.3 Å². The van der Waals surface area contributed by atoms with Crippen LogP contribution in [0.15, 0.2) is 48.5 Å². The van der Waals surface area contributed by atoms with Gasteiger partial charge in [0.2, 0.25) is 11.8 Å². The molecule has 9 nitrogen and oxygen atoms in total. The molecule has 1 aliphatic heterocycles. The number of amides is 3. The quantitative estimate of drug-likeness (QED) is 0.274. The number of nitrogen functional groups attached to an aromatic ring is 1. The van der Waals surface area contributed by atoms with Gasteiger partial charge in [-0.2, -0.15) is 0 Å². The van der Waals surface area contributed by atoms with Gasteiger partial charge in [0.1, 0.15) is 0 Å². The first kappa shape index (κ1) is 29.6. The summed E-state index contributed by atoms with van der Waals surface area (Å²) < 4.78 is 0. The number of aliphatic hydroxyl groups is 1. The van der Waals surface area contributed by atoms with E-state index in [2.05, 4.69) is 16.0 Å². The van der Waals surface area contributed by atoms with E-state index in [0.717, 1.165) is 44.1 Å². The van der Waals surface area contributed by atoms with Crippen molar-refractivity contribution in [2.75, 3.05) is 23.7 Å². The highest BCUT2D eigenvalue weighted by molar-refractivity contribution is 5.99. The molecule has 0 radical (unpaired) electrons. The third-order valence-corrected chi connectivity index (χ3v) is 7.89. The lowest BCUT2D eigenvalue weighted by Gasteiger charge is -2.28. The molecule has 2 aromatic carbocycles. The maximum atomic E-state index is 13.4. The van der Waals surface area contributed by atoms with Crippen molar-refractivity contribution < 1.29 is 19.5 Å². The lowest BCUT2D eigenvalue weighted by molar-refractivity contribution is -0.123. The molecule has 0 aromatic heterocycles. The molecule has 2 fully saturated rings. The standard InChI is InChI=1S/C31H43N5O4/c1-21(30(39)34-25-12-6-3-7-13-25)33-20-28(37)27(16-22-10-4-2-5-11-22)35-31(40)23-17-24(32)19-26(18-23)36-15-9-8-14-29(36)38/h2,4-5,10-11,17-19,21,25,27-28,33,37H,3,6-9,12-16,20,32H2,1H3,(H,34,39)(H,35,40). The molecule has 3 unspecified atom stereocenters. The summed E-state index contributed by atoms with van der Waals surface area (Å²) in [6, 6.07) is 13.7. The van der Waals surface area contributed by atoms with E-state index in [1.165, 1.54) is 6.42 Å². The Hall–Kier alpha value is -3.43. The fraction of sp³-hybridized carbons (Fsp3) is 0.516. The number of anilines is 2. The number of rotatable bonds is 11. The van der Waals surface area contributed by atoms with E-state index in [4.69, 9.17) is 5.73 Å². The number of aliphatic hydroxyl groups excluding tert-OH is 1. The SMILES string of the molecule is CC(NCC(O)C(Cc1ccccc1)NC(=O)c1cc(N)cc(N2CCCCC2=O)c1)C(=O)NC1CCCCC1. The van der Waals surface area contributed by atoms with Crippen molar-refractivity contribution in [2.45, 2.75) is 88.9 Å². The van der Waals surface area contributed by atoms with E-state index >= 15 is 0 Å². The molecule has 40 heavy (non-hydrogen) atoms. The van der Waals surface area contributed by atoms with Crippen LogP contribution in [0.3, 0.4) is 0 Å². The Kier molecular flexibility index (Phi) is 10.5. The lowest BCUT2D eigenvalue weighted by atomic mass is 9.95. The second-order valence-corrected chi connectivity index (χ2v) is 11.1. The predicted octanol–water partition coefficient (Wildman–Crippen LogP) is 2.91. The zero-order valence-corrected chi connectivity index (χ0v) is 23.4. The zero-order chi connectivity index (χ0) is 28.5. The zero-order valence-electron chi connectivity index (χ0n) is 23.4. The molecular weight excluding hydrogens is 506 g/mol. The average Bonchev–Trinajstić information content (AvgIpc) is 2.96. The Bertz CT molecular complexity index is 1150. The van der Waals surface area contributed by atoms with Gasteiger partial charge in [-0.25, -0.2) is 0 Å². The fourth-order valence-electron chi connectivity index (χ4n) is 5.51. The maximum Gasteiger partial charge on any atom is 0.251 e. The highest BCUT2D eigenvalue weighted by atomic mass is 16.3. The van der Waals surface area contributed by atoms with Crippen LogP contribution in [0, 0.1) is 0 Å². The van der Waals surface area contributed by atoms with Gasteiger partial charge in [0.25, 0.3) is 5.91 Å². The number of nitrogens with two attached hydrogens (primary N) is 1. The highest BCUT2D eigenvalue weighted by Crippen LogP contribution is 2.25. The third-order valence-electron chi connectivity index (χ3n) is 7.89. The summed E-state index contributed by atoms with van der Waals surface area (Å²) in [5.74, 6) is -0.448. The first-order chi connectivity index (χ1) is 19.3. The molecule has 2 aliphatic rings. The summed E-state index contributed by atoms with van der Waals surface area (Å²) in [4.78, 5) is 40.3. The van der Waals surface area contributed by atoms with Gasteiger partial charge in [-0.15, -0.1) is 0 Å². The predicted molar refractivity (Wildman–Crippen MR) is 157 cm³/mol. The van der Waals surface area contributed by atoms with Crippen molar-refractivity contribution >= 4 is 29.1 Å². The number of carbonyl (C=O) groups excluding carboxylic acids is 3. The van der Waals surface area contributed by atoms with Gasteiger partial charge in [-0.3, -0.25) is 14.4 Å². The minimum atomic E-state index is -0.960. The maximum absolute atomic E-state index is 13.4. The fourth-order valence-corrected chi connectivity index (χ4v) is 5.51. The molecule has 1 aliphatic carbocycles. The molecule has 3 atom stereocenters. The first-order valence-electron chi connectivity index (χ1n) is 14.6. The molecule has 0 bridgehead atoms. The summed E-state index contributed by atoms with van der Waals surface area (Å²) in [6.45, 7) is 2.50. The Morgan fingerprint density at radius 2 is 1.80 bits per heavy atom. The molecule has 1 heterocycles. The van der Waals surface area contributed by atoms with Crippen LogP contribution in [-0.4, -0.2) is 60.1 Å². The summed E-state index contributed by atoms with van der Waals surface area (Å²) >= 11 is 0. The number of nitrogens with zero attached hydrogens (tertiary/aromatic N) is 1. The minimum absolute atomic E-state index is 0.0216. The molecule has 1 saturated carbocycles. The van der Waals surface area contributed by atoms with Crippen molar-refractivity contribution in [3.63, 3.8) is 0 Å². The Morgan fingerprint density at radius 1 is 1.05 bits per heavy atom. The number of nitrogens with one attached hydrogen (secondary N) is 3. The van der Waals surface area contributed by atoms with Crippen molar-refractivity contribution in [3.8, 4) is 0 Å². The van der Waals surface area contributed by atoms with Gasteiger partial charge in [-0.05, 0) is 62.8 Å². The van der Waals surface area contributed by atoms with E-state index in [9.17, 15) is 19.5 Å². The van der Waals surface area contributed by atoms with Crippen LogP contribution < -0.4 is 26.6 Å². The van der Waals surface area contributed by atoms with E-state index in [0.29, 0.717) is 36.3 Å². The monoisotopic (exact) mass is 549 g/mol. The summed E-state index contributed by atoms with van der Waals surface area (Å²) in [5, 5.41) is 20.4. The van der Waals surface area contributed by atoms with Crippen molar-refractivity contribution in [2.24, 2.45) is 0 Å². The molecule has 216 valence electrons. The van der Waals surface area contributed by atoms with Crippen LogP contribution in [0.25, 0.3) is 0 Å². The Labute approximate surface area is 236 Å². The van der Waals surface area contributed by atoms with Crippen LogP contribution in [0.1, 0.15) is 74.2 Å². The van der Waals surface area contributed by atoms with Crippen molar-refractivity contribution in [3.05, 3.63) is 59.7 Å². The largest absolute Gasteiger partial charge is 0.399 e. The van der Waals surface area contributed by atoms with Gasteiger partial charge >= 0.3 is 0 Å².